The second kappa shape index (κ2) is 12.1. The Morgan fingerprint density at radius 2 is 0.778 bits per heavy atom. The van der Waals surface area contributed by atoms with Gasteiger partial charge in [-0.25, -0.2) is 0 Å². The van der Waals surface area contributed by atoms with Crippen molar-refractivity contribution in [1.29, 1.82) is 0 Å². The average molecular weight is 174 g/mol. The first-order valence-corrected chi connectivity index (χ1v) is 2.36. The van der Waals surface area contributed by atoms with Gasteiger partial charge in [0.15, 0.2) is 0 Å². The summed E-state index contributed by atoms with van der Waals surface area (Å²) >= 11 is 7.02. The second-order valence-corrected chi connectivity index (χ2v) is 1.35. The molecule has 0 fully saturated rings. The molecule has 0 aliphatic rings. The molecule has 0 aliphatic heterocycles. The monoisotopic (exact) mass is 174 g/mol. The van der Waals surface area contributed by atoms with Crippen LogP contribution in [-0.2, 0) is 25.0 Å². The van der Waals surface area contributed by atoms with Crippen LogP contribution in [0.15, 0.2) is 0 Å². The molecule has 0 aromatic carbocycles. The van der Waals surface area contributed by atoms with Crippen LogP contribution in [0, 0.1) is 0 Å². The van der Waals surface area contributed by atoms with Crippen molar-refractivity contribution in [3.63, 3.8) is 0 Å². The summed E-state index contributed by atoms with van der Waals surface area (Å²) in [5.74, 6) is 0. The van der Waals surface area contributed by atoms with Gasteiger partial charge < -0.3 is 57.8 Å². The normalized spacial score (nSPS) is 6.00. The molecule has 4 nitrogen and oxygen atoms in total. The largest absolute Gasteiger partial charge is 2.00 e. The predicted octanol–water partition coefficient (Wildman–Crippen LogP) is -5.90. The van der Waals surface area contributed by atoms with Gasteiger partial charge in [0.05, 0.1) is 0 Å². The molecule has 0 aliphatic carbocycles. The van der Waals surface area contributed by atoms with E-state index < -0.39 is 12.8 Å². The van der Waals surface area contributed by atoms with Crippen LogP contribution in [0.1, 0.15) is 0 Å². The summed E-state index contributed by atoms with van der Waals surface area (Å²) in [5, 5.41) is 35.1. The standard InChI is InChI=1S/2BO2S.Mg/c2*2-1(3)4;/q2*-3;+2. The van der Waals surface area contributed by atoms with E-state index in [1.54, 1.807) is 0 Å². The molecule has 0 saturated heterocycles. The van der Waals surface area contributed by atoms with Gasteiger partial charge in [-0.1, -0.05) is 0 Å². The van der Waals surface area contributed by atoms with Crippen LogP contribution >= 0.6 is 0 Å². The maximum Gasteiger partial charge on any atom is 2.00 e. The van der Waals surface area contributed by atoms with Crippen LogP contribution in [0.2, 0.25) is 0 Å². The Labute approximate surface area is 80.7 Å². The smallest absolute Gasteiger partial charge is 0.911 e. The molecule has 0 unspecified atom stereocenters. The third kappa shape index (κ3) is 253. The van der Waals surface area contributed by atoms with Crippen LogP contribution in [0.3, 0.4) is 0 Å². The Kier molecular flexibility index (Phi) is 22.7. The molecular weight excluding hydrogens is 174 g/mol. The van der Waals surface area contributed by atoms with Crippen LogP contribution in [-0.4, -0.2) is 35.8 Å². The maximum absolute atomic E-state index is 8.79. The van der Waals surface area contributed by atoms with Crippen molar-refractivity contribution >= 4 is 60.8 Å². The van der Waals surface area contributed by atoms with Crippen molar-refractivity contribution in [2.45, 2.75) is 0 Å². The first-order chi connectivity index (χ1) is 3.46. The van der Waals surface area contributed by atoms with Crippen molar-refractivity contribution < 1.29 is 20.1 Å². The molecule has 0 saturated carbocycles. The van der Waals surface area contributed by atoms with Crippen LogP contribution in [0.5, 0.6) is 0 Å². The summed E-state index contributed by atoms with van der Waals surface area (Å²) in [6.45, 7) is 0. The molecule has 0 atom stereocenters. The molecule has 0 rings (SSSR count). The Balaban J connectivity index is -0.0000000720. The molecular formula is B2MgO4S2-4. The molecule has 9 heteroatoms. The van der Waals surface area contributed by atoms with Gasteiger partial charge >= 0.3 is 23.1 Å². The van der Waals surface area contributed by atoms with Gasteiger partial charge in [0.1, 0.15) is 0 Å². The van der Waals surface area contributed by atoms with Gasteiger partial charge in [0.25, 0.3) is 0 Å². The second-order valence-electron chi connectivity index (χ2n) is 0.577. The Hall–Kier alpha value is 1.44. The minimum absolute atomic E-state index is 0. The van der Waals surface area contributed by atoms with Crippen molar-refractivity contribution in [1.82, 2.24) is 0 Å². The van der Waals surface area contributed by atoms with Crippen LogP contribution < -0.4 is 20.1 Å². The van der Waals surface area contributed by atoms with Crippen molar-refractivity contribution in [2.24, 2.45) is 0 Å². The van der Waals surface area contributed by atoms with Gasteiger partial charge in [-0.15, -0.1) is 0 Å². The van der Waals surface area contributed by atoms with Gasteiger partial charge in [-0.3, -0.25) is 0 Å². The molecule has 0 aromatic heterocycles. The fourth-order valence-electron chi connectivity index (χ4n) is 0. The first kappa shape index (κ1) is 16.8. The van der Waals surface area contributed by atoms with Crippen LogP contribution in [0.4, 0.5) is 0 Å². The van der Waals surface area contributed by atoms with Crippen molar-refractivity contribution in [3.05, 3.63) is 0 Å². The zero-order chi connectivity index (χ0) is 7.15. The van der Waals surface area contributed by atoms with Crippen LogP contribution in [0.25, 0.3) is 0 Å². The summed E-state index contributed by atoms with van der Waals surface area (Å²) in [4.78, 5) is 0. The van der Waals surface area contributed by atoms with E-state index in [1.807, 2.05) is 0 Å². The maximum atomic E-state index is 8.79. The zero-order valence-corrected chi connectivity index (χ0v) is 7.36. The average Bonchev–Trinajstić information content (AvgIpc) is 1.25. The van der Waals surface area contributed by atoms with E-state index in [2.05, 4.69) is 25.0 Å². The Morgan fingerprint density at radius 3 is 0.778 bits per heavy atom. The summed E-state index contributed by atoms with van der Waals surface area (Å²) in [6.07, 6.45) is -4.17. The number of hydrogen-bond donors (Lipinski definition) is 0. The van der Waals surface area contributed by atoms with Gasteiger partial charge in [0.2, 0.25) is 0 Å². The summed E-state index contributed by atoms with van der Waals surface area (Å²) in [5.41, 5.74) is 0. The van der Waals surface area contributed by atoms with E-state index >= 15 is 0 Å². The molecule has 0 bridgehead atoms. The summed E-state index contributed by atoms with van der Waals surface area (Å²) in [6, 6.07) is 0. The summed E-state index contributed by atoms with van der Waals surface area (Å²) < 4.78 is 0. The molecule has 9 heavy (non-hydrogen) atoms. The van der Waals surface area contributed by atoms with Gasteiger partial charge in [-0.05, 0) is 0 Å². The van der Waals surface area contributed by atoms with Gasteiger partial charge in [-0.2, -0.15) is 0 Å². The molecule has 0 N–H and O–H groups in total. The van der Waals surface area contributed by atoms with E-state index in [9.17, 15) is 0 Å². The van der Waals surface area contributed by atoms with Gasteiger partial charge in [0, 0.05) is 0 Å². The quantitative estimate of drug-likeness (QED) is 0.268. The third-order valence-corrected chi connectivity index (χ3v) is 0. The van der Waals surface area contributed by atoms with E-state index in [1.165, 1.54) is 0 Å². The molecule has 48 valence electrons. The third-order valence-electron chi connectivity index (χ3n) is 0. The molecule has 0 radical (unpaired) electrons. The predicted molar refractivity (Wildman–Crippen MR) is 32.0 cm³/mol. The fourth-order valence-corrected chi connectivity index (χ4v) is 0. The molecule has 0 aromatic rings. The SMILES string of the molecule is [Mg+2].[O-]B([O-])[S-].[O-]B([O-])[S-]. The minimum Gasteiger partial charge on any atom is -0.911 e. The minimum atomic E-state index is -2.08. The number of hydrogen-bond acceptors (Lipinski definition) is 6. The zero-order valence-electron chi connectivity index (χ0n) is 4.31. The molecule has 0 heterocycles. The fraction of sp³-hybridized carbons (Fsp3) is 0. The van der Waals surface area contributed by atoms with Crippen molar-refractivity contribution in [2.75, 3.05) is 0 Å². The first-order valence-electron chi connectivity index (χ1n) is 1.41. The summed E-state index contributed by atoms with van der Waals surface area (Å²) in [7, 11) is 0. The Morgan fingerprint density at radius 1 is 0.778 bits per heavy atom. The number of rotatable bonds is 0. The molecule has 0 spiro atoms. The van der Waals surface area contributed by atoms with E-state index in [0.29, 0.717) is 0 Å². The Bertz CT molecular complexity index is 32.0. The van der Waals surface area contributed by atoms with E-state index in [0.717, 1.165) is 0 Å². The van der Waals surface area contributed by atoms with Crippen molar-refractivity contribution in [3.8, 4) is 0 Å². The topological polar surface area (TPSA) is 92.2 Å². The molecule has 0 amide bonds. The van der Waals surface area contributed by atoms with E-state index in [4.69, 9.17) is 20.1 Å². The van der Waals surface area contributed by atoms with E-state index in [-0.39, 0.29) is 23.1 Å².